The third-order valence-corrected chi connectivity index (χ3v) is 6.08. The van der Waals surface area contributed by atoms with E-state index in [1.54, 1.807) is 18.5 Å². The predicted molar refractivity (Wildman–Crippen MR) is 123 cm³/mol. The number of nitrogens with one attached hydrogen (secondary N) is 1. The van der Waals surface area contributed by atoms with E-state index in [2.05, 4.69) is 20.1 Å². The predicted octanol–water partition coefficient (Wildman–Crippen LogP) is 4.62. The number of hydrogen-bond donors (Lipinski definition) is 2. The van der Waals surface area contributed by atoms with Crippen LogP contribution in [0.15, 0.2) is 48.9 Å². The van der Waals surface area contributed by atoms with Crippen molar-refractivity contribution in [1.82, 2.24) is 29.7 Å². The summed E-state index contributed by atoms with van der Waals surface area (Å²) in [7, 11) is 0. The van der Waals surface area contributed by atoms with E-state index in [1.165, 1.54) is 0 Å². The van der Waals surface area contributed by atoms with Crippen molar-refractivity contribution < 1.29 is 4.74 Å². The van der Waals surface area contributed by atoms with Crippen molar-refractivity contribution in [3.63, 3.8) is 0 Å². The van der Waals surface area contributed by atoms with E-state index in [-0.39, 0.29) is 5.54 Å². The highest BCUT2D eigenvalue weighted by molar-refractivity contribution is 6.36. The molecule has 0 spiro atoms. The zero-order valence-corrected chi connectivity index (χ0v) is 18.1. The molecule has 5 aromatic rings. The molecule has 2 aromatic carbocycles. The second-order valence-electron chi connectivity index (χ2n) is 8.39. The average molecular weight is 446 g/mol. The maximum atomic E-state index is 6.69. The van der Waals surface area contributed by atoms with Crippen molar-refractivity contribution in [3.05, 3.63) is 59.8 Å². The van der Waals surface area contributed by atoms with E-state index in [0.717, 1.165) is 35.3 Å². The van der Waals surface area contributed by atoms with E-state index >= 15 is 0 Å². The number of fused-ring (bicyclic) bond motifs is 2. The monoisotopic (exact) mass is 445 g/mol. The van der Waals surface area contributed by atoms with Crippen LogP contribution in [0, 0.1) is 6.92 Å². The molecule has 0 bridgehead atoms. The molecule has 160 valence electrons. The molecule has 3 aromatic heterocycles. The van der Waals surface area contributed by atoms with Crippen LogP contribution in [0.5, 0.6) is 11.5 Å². The molecule has 0 aliphatic heterocycles. The first-order chi connectivity index (χ1) is 15.5. The van der Waals surface area contributed by atoms with Gasteiger partial charge in [0.05, 0.1) is 41.2 Å². The van der Waals surface area contributed by atoms with Gasteiger partial charge >= 0.3 is 0 Å². The van der Waals surface area contributed by atoms with E-state index in [4.69, 9.17) is 27.1 Å². The van der Waals surface area contributed by atoms with Gasteiger partial charge in [0.2, 0.25) is 0 Å². The minimum Gasteiger partial charge on any atom is -0.456 e. The average Bonchev–Trinajstić information content (AvgIpc) is 3.16. The van der Waals surface area contributed by atoms with Crippen LogP contribution in [0.25, 0.3) is 33.3 Å². The minimum absolute atomic E-state index is 0.119. The normalized spacial score (nSPS) is 14.8. The Bertz CT molecular complexity index is 1480. The lowest BCUT2D eigenvalue weighted by molar-refractivity contribution is 0.484. The Hall–Kier alpha value is -3.49. The van der Waals surface area contributed by atoms with Crippen LogP contribution in [-0.4, -0.2) is 35.3 Å². The molecule has 3 N–H and O–H groups in total. The molecule has 1 saturated carbocycles. The standard InChI is InChI=1S/C23H20ClN7O/c1-13-28-16-3-2-15(8-18(16)29-13)32-20-5-4-17-22(21(20)24)30-19(10-26-17)14-9-27-31(11-14)12-23(25)6-7-23/h2-5,8-11H,6-7,12,25H2,1H3,(H,28,29). The summed E-state index contributed by atoms with van der Waals surface area (Å²) in [6.07, 6.45) is 7.51. The first-order valence-corrected chi connectivity index (χ1v) is 10.7. The van der Waals surface area contributed by atoms with E-state index in [0.29, 0.717) is 39.8 Å². The van der Waals surface area contributed by atoms with Gasteiger partial charge in [-0.25, -0.2) is 9.97 Å². The quantitative estimate of drug-likeness (QED) is 0.409. The Labute approximate surface area is 188 Å². The molecule has 1 aliphatic rings. The van der Waals surface area contributed by atoms with E-state index in [9.17, 15) is 0 Å². The number of halogens is 1. The minimum atomic E-state index is -0.119. The molecular weight excluding hydrogens is 426 g/mol. The van der Waals surface area contributed by atoms with Gasteiger partial charge in [0, 0.05) is 23.4 Å². The number of ether oxygens (including phenoxy) is 1. The molecule has 1 fully saturated rings. The summed E-state index contributed by atoms with van der Waals surface area (Å²) < 4.78 is 7.93. The topological polar surface area (TPSA) is 108 Å². The molecule has 0 atom stereocenters. The van der Waals surface area contributed by atoms with Gasteiger partial charge < -0.3 is 15.5 Å². The summed E-state index contributed by atoms with van der Waals surface area (Å²) in [5, 5.41) is 4.83. The number of aryl methyl sites for hydroxylation is 1. The van der Waals surface area contributed by atoms with Crippen LogP contribution < -0.4 is 10.5 Å². The van der Waals surface area contributed by atoms with Crippen LogP contribution in [0.4, 0.5) is 0 Å². The fourth-order valence-corrected chi connectivity index (χ4v) is 4.02. The first kappa shape index (κ1) is 19.2. The van der Waals surface area contributed by atoms with Crippen LogP contribution in [0.3, 0.4) is 0 Å². The van der Waals surface area contributed by atoms with Crippen molar-refractivity contribution in [2.24, 2.45) is 5.73 Å². The molecular formula is C23H20ClN7O. The summed E-state index contributed by atoms with van der Waals surface area (Å²) in [4.78, 5) is 16.9. The van der Waals surface area contributed by atoms with Crippen LogP contribution in [0.1, 0.15) is 18.7 Å². The number of nitrogens with zero attached hydrogens (tertiary/aromatic N) is 5. The van der Waals surface area contributed by atoms with Gasteiger partial charge in [0.1, 0.15) is 27.9 Å². The highest BCUT2D eigenvalue weighted by Gasteiger charge is 2.38. The fourth-order valence-electron chi connectivity index (χ4n) is 3.77. The van der Waals surface area contributed by atoms with Crippen molar-refractivity contribution in [3.8, 4) is 22.8 Å². The zero-order valence-electron chi connectivity index (χ0n) is 17.3. The van der Waals surface area contributed by atoms with Crippen LogP contribution >= 0.6 is 11.6 Å². The van der Waals surface area contributed by atoms with Crippen molar-refractivity contribution >= 4 is 33.7 Å². The third kappa shape index (κ3) is 3.47. The summed E-state index contributed by atoms with van der Waals surface area (Å²) in [5.74, 6) is 2.02. The Kier molecular flexibility index (Phi) is 4.21. The SMILES string of the molecule is Cc1nc2ccc(Oc3ccc4ncc(-c5cnn(CC6(N)CC6)c5)nc4c3Cl)cc2[nH]1. The molecule has 9 heteroatoms. The molecule has 3 heterocycles. The second-order valence-corrected chi connectivity index (χ2v) is 8.77. The lowest BCUT2D eigenvalue weighted by Crippen LogP contribution is -2.28. The van der Waals surface area contributed by atoms with Gasteiger partial charge in [-0.1, -0.05) is 11.6 Å². The lowest BCUT2D eigenvalue weighted by atomic mass is 10.2. The summed E-state index contributed by atoms with van der Waals surface area (Å²) in [6.45, 7) is 2.62. The molecule has 0 amide bonds. The van der Waals surface area contributed by atoms with Gasteiger partial charge in [-0.2, -0.15) is 5.10 Å². The maximum Gasteiger partial charge on any atom is 0.148 e. The van der Waals surface area contributed by atoms with E-state index < -0.39 is 0 Å². The Morgan fingerprint density at radius 1 is 1.16 bits per heavy atom. The molecule has 0 radical (unpaired) electrons. The largest absolute Gasteiger partial charge is 0.456 e. The Morgan fingerprint density at radius 3 is 2.84 bits per heavy atom. The van der Waals surface area contributed by atoms with Gasteiger partial charge in [-0.3, -0.25) is 9.67 Å². The number of nitrogens with two attached hydrogens (primary N) is 1. The number of benzene rings is 2. The van der Waals surface area contributed by atoms with Crippen molar-refractivity contribution in [1.29, 1.82) is 0 Å². The smallest absolute Gasteiger partial charge is 0.148 e. The van der Waals surface area contributed by atoms with Crippen LogP contribution in [0.2, 0.25) is 5.02 Å². The summed E-state index contributed by atoms with van der Waals surface area (Å²) in [5.41, 5.74) is 10.7. The third-order valence-electron chi connectivity index (χ3n) is 5.72. The van der Waals surface area contributed by atoms with Gasteiger partial charge in [-0.05, 0) is 44.0 Å². The maximum absolute atomic E-state index is 6.69. The van der Waals surface area contributed by atoms with Crippen molar-refractivity contribution in [2.75, 3.05) is 0 Å². The van der Waals surface area contributed by atoms with Gasteiger partial charge in [-0.15, -0.1) is 0 Å². The number of imidazole rings is 1. The number of aromatic amines is 1. The molecule has 8 nitrogen and oxygen atoms in total. The number of hydrogen-bond acceptors (Lipinski definition) is 6. The highest BCUT2D eigenvalue weighted by Crippen LogP contribution is 2.36. The first-order valence-electron chi connectivity index (χ1n) is 10.4. The molecule has 0 saturated heterocycles. The zero-order chi connectivity index (χ0) is 21.9. The van der Waals surface area contributed by atoms with Crippen LogP contribution in [-0.2, 0) is 6.54 Å². The molecule has 32 heavy (non-hydrogen) atoms. The molecule has 6 rings (SSSR count). The fraction of sp³-hybridized carbons (Fsp3) is 0.217. The van der Waals surface area contributed by atoms with Crippen molar-refractivity contribution in [2.45, 2.75) is 31.8 Å². The Balaban J connectivity index is 1.33. The summed E-state index contributed by atoms with van der Waals surface area (Å²) >= 11 is 6.69. The number of H-pyrrole nitrogens is 1. The van der Waals surface area contributed by atoms with E-state index in [1.807, 2.05) is 42.1 Å². The van der Waals surface area contributed by atoms with Gasteiger partial charge in [0.25, 0.3) is 0 Å². The van der Waals surface area contributed by atoms with Gasteiger partial charge in [0.15, 0.2) is 0 Å². The molecule has 1 aliphatic carbocycles. The highest BCUT2D eigenvalue weighted by atomic mass is 35.5. The summed E-state index contributed by atoms with van der Waals surface area (Å²) in [6, 6.07) is 9.32. The number of aromatic nitrogens is 6. The lowest BCUT2D eigenvalue weighted by Gasteiger charge is -2.10. The molecule has 0 unspecified atom stereocenters. The second kappa shape index (κ2) is 7.01. The number of rotatable bonds is 5. The Morgan fingerprint density at radius 2 is 2.00 bits per heavy atom.